The van der Waals surface area contributed by atoms with E-state index in [-0.39, 0.29) is 5.91 Å². The molecule has 1 aromatic carbocycles. The summed E-state index contributed by atoms with van der Waals surface area (Å²) < 4.78 is 0. The highest BCUT2D eigenvalue weighted by Crippen LogP contribution is 2.29. The van der Waals surface area contributed by atoms with Crippen LogP contribution >= 0.6 is 0 Å². The number of hydrogen-bond acceptors (Lipinski definition) is 6. The van der Waals surface area contributed by atoms with Crippen LogP contribution in [0.25, 0.3) is 0 Å². The molecule has 7 nitrogen and oxygen atoms in total. The molecule has 1 aliphatic rings. The Kier molecular flexibility index (Phi) is 6.46. The van der Waals surface area contributed by atoms with Crippen molar-refractivity contribution in [1.82, 2.24) is 19.9 Å². The molecule has 4 rings (SSSR count). The lowest BCUT2D eigenvalue weighted by Gasteiger charge is -2.30. The third kappa shape index (κ3) is 4.78. The summed E-state index contributed by atoms with van der Waals surface area (Å²) in [5, 5.41) is 0. The van der Waals surface area contributed by atoms with E-state index in [0.29, 0.717) is 25.9 Å². The molecule has 0 saturated carbocycles. The van der Waals surface area contributed by atoms with Gasteiger partial charge in [-0.05, 0) is 32.0 Å². The predicted molar refractivity (Wildman–Crippen MR) is 126 cm³/mol. The highest BCUT2D eigenvalue weighted by Gasteiger charge is 2.28. The number of fused-ring (bicyclic) bond motifs is 1. The second kappa shape index (κ2) is 9.44. The minimum atomic E-state index is 0.116. The number of nitrogens with zero attached hydrogens (tertiary/aromatic N) is 6. The van der Waals surface area contributed by atoms with Crippen molar-refractivity contribution in [3.8, 4) is 0 Å². The summed E-state index contributed by atoms with van der Waals surface area (Å²) in [7, 11) is 6.05. The fourth-order valence-electron chi connectivity index (χ4n) is 4.18. The zero-order valence-corrected chi connectivity index (χ0v) is 19.2. The molecule has 0 bridgehead atoms. The molecule has 0 atom stereocenters. The van der Waals surface area contributed by atoms with Crippen molar-refractivity contribution < 1.29 is 4.79 Å². The zero-order valence-electron chi connectivity index (χ0n) is 19.2. The Bertz CT molecular complexity index is 1100. The van der Waals surface area contributed by atoms with Crippen molar-refractivity contribution in [3.05, 3.63) is 76.9 Å². The highest BCUT2D eigenvalue weighted by molar-refractivity contribution is 5.95. The number of carbonyl (C=O) groups excluding carboxylic acids is 1. The third-order valence-electron chi connectivity index (χ3n) is 5.71. The molecule has 166 valence electrons. The zero-order chi connectivity index (χ0) is 22.7. The number of rotatable bonds is 7. The molecule has 0 aliphatic carbocycles. The molecule has 1 amide bonds. The number of hydrogen-bond donors (Lipinski definition) is 0. The molecular formula is C25H30N6O. The molecule has 0 N–H and O–H groups in total. The number of anilines is 2. The van der Waals surface area contributed by atoms with Gasteiger partial charge in [0.05, 0.1) is 13.1 Å². The fraction of sp³-hybridized carbons (Fsp3) is 0.360. The molecule has 0 radical (unpaired) electrons. The Morgan fingerprint density at radius 2 is 1.75 bits per heavy atom. The first-order valence-electron chi connectivity index (χ1n) is 10.9. The van der Waals surface area contributed by atoms with Crippen molar-refractivity contribution in [2.24, 2.45) is 0 Å². The number of aromatic nitrogens is 3. The van der Waals surface area contributed by atoms with Crippen LogP contribution in [-0.2, 0) is 30.8 Å². The van der Waals surface area contributed by atoms with Gasteiger partial charge in [0, 0.05) is 50.1 Å². The summed E-state index contributed by atoms with van der Waals surface area (Å²) in [6.07, 6.45) is 3.01. The van der Waals surface area contributed by atoms with Crippen LogP contribution in [-0.4, -0.2) is 46.9 Å². The van der Waals surface area contributed by atoms with Gasteiger partial charge in [-0.1, -0.05) is 36.4 Å². The average molecular weight is 431 g/mol. The summed E-state index contributed by atoms with van der Waals surface area (Å²) in [6, 6.07) is 14.1. The van der Waals surface area contributed by atoms with E-state index in [9.17, 15) is 4.79 Å². The Morgan fingerprint density at radius 3 is 2.50 bits per heavy atom. The second-order valence-corrected chi connectivity index (χ2v) is 8.55. The SMILES string of the molecule is Cc1nc(CN(C)Cc2cccnc2N(C)C)nc2c1CCC(=O)N2Cc1ccccc1. The third-order valence-corrected chi connectivity index (χ3v) is 5.71. The van der Waals surface area contributed by atoms with Crippen molar-refractivity contribution in [1.29, 1.82) is 0 Å². The van der Waals surface area contributed by atoms with Crippen molar-refractivity contribution >= 4 is 17.5 Å². The molecule has 0 unspecified atom stereocenters. The highest BCUT2D eigenvalue weighted by atomic mass is 16.2. The van der Waals surface area contributed by atoms with Crippen LogP contribution in [0.2, 0.25) is 0 Å². The first kappa shape index (κ1) is 21.9. The summed E-state index contributed by atoms with van der Waals surface area (Å²) in [6.45, 7) is 3.86. The van der Waals surface area contributed by atoms with Gasteiger partial charge in [0.2, 0.25) is 5.91 Å². The Labute approximate surface area is 189 Å². The minimum Gasteiger partial charge on any atom is -0.362 e. The monoisotopic (exact) mass is 430 g/mol. The summed E-state index contributed by atoms with van der Waals surface area (Å²) in [5.74, 6) is 2.56. The van der Waals surface area contributed by atoms with Gasteiger partial charge in [0.1, 0.15) is 17.5 Å². The molecule has 2 aromatic heterocycles. The molecule has 0 saturated heterocycles. The van der Waals surface area contributed by atoms with E-state index < -0.39 is 0 Å². The van der Waals surface area contributed by atoms with Crippen molar-refractivity contribution in [2.45, 2.75) is 39.4 Å². The number of benzene rings is 1. The van der Waals surface area contributed by atoms with Crippen LogP contribution in [0.1, 0.15) is 34.6 Å². The van der Waals surface area contributed by atoms with Gasteiger partial charge >= 0.3 is 0 Å². The normalized spacial score (nSPS) is 13.4. The van der Waals surface area contributed by atoms with Crippen LogP contribution in [0.4, 0.5) is 11.6 Å². The van der Waals surface area contributed by atoms with Gasteiger partial charge in [-0.2, -0.15) is 0 Å². The van der Waals surface area contributed by atoms with E-state index in [4.69, 9.17) is 9.97 Å². The van der Waals surface area contributed by atoms with Crippen LogP contribution in [0.5, 0.6) is 0 Å². The van der Waals surface area contributed by atoms with E-state index in [1.807, 2.05) is 73.4 Å². The van der Waals surface area contributed by atoms with E-state index in [1.165, 1.54) is 0 Å². The topological polar surface area (TPSA) is 65.5 Å². The van der Waals surface area contributed by atoms with E-state index in [1.54, 1.807) is 0 Å². The molecular weight excluding hydrogens is 400 g/mol. The van der Waals surface area contributed by atoms with Crippen LogP contribution in [0.15, 0.2) is 48.7 Å². The first-order chi connectivity index (χ1) is 15.4. The Hall–Kier alpha value is -3.32. The quantitative estimate of drug-likeness (QED) is 0.573. The van der Waals surface area contributed by atoms with E-state index in [2.05, 4.69) is 23.0 Å². The smallest absolute Gasteiger partial charge is 0.228 e. The number of pyridine rings is 1. The average Bonchev–Trinajstić information content (AvgIpc) is 2.76. The standard InChI is InChI=1S/C25H30N6O/c1-18-21-12-13-23(32)31(15-19-9-6-5-7-10-19)25(21)28-22(27-18)17-30(4)16-20-11-8-14-26-24(20)29(2)3/h5-11,14H,12-13,15-17H2,1-4H3. The van der Waals surface area contributed by atoms with Crippen molar-refractivity contribution in [3.63, 3.8) is 0 Å². The fourth-order valence-corrected chi connectivity index (χ4v) is 4.18. The molecule has 0 fully saturated rings. The Balaban J connectivity index is 1.57. The molecule has 0 spiro atoms. The largest absolute Gasteiger partial charge is 0.362 e. The molecule has 32 heavy (non-hydrogen) atoms. The lowest BCUT2D eigenvalue weighted by atomic mass is 10.0. The van der Waals surface area contributed by atoms with Gasteiger partial charge in [-0.3, -0.25) is 14.6 Å². The van der Waals surface area contributed by atoms with Crippen LogP contribution in [0.3, 0.4) is 0 Å². The van der Waals surface area contributed by atoms with Gasteiger partial charge in [0.25, 0.3) is 0 Å². The van der Waals surface area contributed by atoms with E-state index >= 15 is 0 Å². The van der Waals surface area contributed by atoms with Crippen LogP contribution < -0.4 is 9.80 Å². The van der Waals surface area contributed by atoms with Gasteiger partial charge in [-0.15, -0.1) is 0 Å². The lowest BCUT2D eigenvalue weighted by molar-refractivity contribution is -0.119. The summed E-state index contributed by atoms with van der Waals surface area (Å²) in [5.41, 5.74) is 4.28. The predicted octanol–water partition coefficient (Wildman–Crippen LogP) is 3.36. The molecule has 1 aliphatic heterocycles. The maximum atomic E-state index is 12.8. The molecule has 7 heteroatoms. The van der Waals surface area contributed by atoms with Gasteiger partial charge in [-0.25, -0.2) is 15.0 Å². The van der Waals surface area contributed by atoms with Gasteiger partial charge in [0.15, 0.2) is 0 Å². The Morgan fingerprint density at radius 1 is 0.969 bits per heavy atom. The first-order valence-corrected chi connectivity index (χ1v) is 10.9. The number of carbonyl (C=O) groups is 1. The minimum absolute atomic E-state index is 0.116. The second-order valence-electron chi connectivity index (χ2n) is 8.55. The van der Waals surface area contributed by atoms with Crippen LogP contribution in [0, 0.1) is 6.92 Å². The number of amides is 1. The van der Waals surface area contributed by atoms with E-state index in [0.717, 1.165) is 46.4 Å². The molecule has 3 aromatic rings. The number of aryl methyl sites for hydroxylation is 1. The maximum Gasteiger partial charge on any atom is 0.228 e. The summed E-state index contributed by atoms with van der Waals surface area (Å²) in [4.78, 5) is 32.9. The van der Waals surface area contributed by atoms with Gasteiger partial charge < -0.3 is 4.90 Å². The summed E-state index contributed by atoms with van der Waals surface area (Å²) >= 11 is 0. The molecule has 3 heterocycles. The lowest BCUT2D eigenvalue weighted by Crippen LogP contribution is -2.36. The maximum absolute atomic E-state index is 12.8. The van der Waals surface area contributed by atoms with Crippen molar-refractivity contribution in [2.75, 3.05) is 30.9 Å².